The zero-order valence-corrected chi connectivity index (χ0v) is 13.0. The highest BCUT2D eigenvalue weighted by Crippen LogP contribution is 2.36. The number of halogens is 1. The number of hydrogen-bond acceptors (Lipinski definition) is 3. The third-order valence-corrected chi connectivity index (χ3v) is 6.48. The zero-order chi connectivity index (χ0) is 14.2. The molecule has 1 saturated carbocycles. The van der Waals surface area contributed by atoms with Gasteiger partial charge in [-0.05, 0) is 36.8 Å². The smallest absolute Gasteiger partial charge is 0.150 e. The SMILES string of the molecule is O=S1(=O)CCC(C(CNC2CC2)c2ccccc2Cl)C1. The lowest BCUT2D eigenvalue weighted by Crippen LogP contribution is -2.29. The highest BCUT2D eigenvalue weighted by molar-refractivity contribution is 7.91. The van der Waals surface area contributed by atoms with Gasteiger partial charge in [0.1, 0.15) is 0 Å². The number of benzene rings is 1. The molecule has 1 aliphatic heterocycles. The Morgan fingerprint density at radius 2 is 2.00 bits per heavy atom. The summed E-state index contributed by atoms with van der Waals surface area (Å²) in [4.78, 5) is 0. The standard InChI is InChI=1S/C15H20ClNO2S/c16-15-4-2-1-3-13(15)14(9-17-12-5-6-12)11-7-8-20(18,19)10-11/h1-4,11-12,14,17H,5-10H2. The molecule has 5 heteroatoms. The monoisotopic (exact) mass is 313 g/mol. The second kappa shape index (κ2) is 5.66. The van der Waals surface area contributed by atoms with Gasteiger partial charge in [0.05, 0.1) is 11.5 Å². The molecule has 20 heavy (non-hydrogen) atoms. The molecule has 2 atom stereocenters. The number of hydrogen-bond donors (Lipinski definition) is 1. The summed E-state index contributed by atoms with van der Waals surface area (Å²) < 4.78 is 23.5. The van der Waals surface area contributed by atoms with Crippen molar-refractivity contribution in [2.45, 2.75) is 31.2 Å². The van der Waals surface area contributed by atoms with Gasteiger partial charge in [-0.3, -0.25) is 0 Å². The molecule has 1 heterocycles. The lowest BCUT2D eigenvalue weighted by Gasteiger charge is -2.24. The highest BCUT2D eigenvalue weighted by Gasteiger charge is 2.35. The molecule has 1 aromatic rings. The Morgan fingerprint density at radius 3 is 2.60 bits per heavy atom. The van der Waals surface area contributed by atoms with Crippen molar-refractivity contribution in [2.24, 2.45) is 5.92 Å². The molecule has 110 valence electrons. The van der Waals surface area contributed by atoms with Gasteiger partial charge in [0.15, 0.2) is 9.84 Å². The van der Waals surface area contributed by atoms with Gasteiger partial charge < -0.3 is 5.32 Å². The molecule has 1 saturated heterocycles. The van der Waals surface area contributed by atoms with Crippen LogP contribution >= 0.6 is 11.6 Å². The highest BCUT2D eigenvalue weighted by atomic mass is 35.5. The molecular weight excluding hydrogens is 294 g/mol. The Labute approximate surface area is 125 Å². The lowest BCUT2D eigenvalue weighted by molar-refractivity contribution is 0.437. The topological polar surface area (TPSA) is 46.2 Å². The average molecular weight is 314 g/mol. The fourth-order valence-corrected chi connectivity index (χ4v) is 5.18. The number of sulfone groups is 1. The van der Waals surface area contributed by atoms with Crippen molar-refractivity contribution < 1.29 is 8.42 Å². The molecule has 2 fully saturated rings. The maximum Gasteiger partial charge on any atom is 0.150 e. The van der Waals surface area contributed by atoms with E-state index < -0.39 is 9.84 Å². The Balaban J connectivity index is 1.81. The first-order chi connectivity index (χ1) is 9.55. The van der Waals surface area contributed by atoms with Crippen LogP contribution in [0.4, 0.5) is 0 Å². The van der Waals surface area contributed by atoms with Crippen molar-refractivity contribution in [1.29, 1.82) is 0 Å². The Morgan fingerprint density at radius 1 is 1.25 bits per heavy atom. The van der Waals surface area contributed by atoms with E-state index >= 15 is 0 Å². The van der Waals surface area contributed by atoms with Gasteiger partial charge in [-0.2, -0.15) is 0 Å². The first-order valence-corrected chi connectivity index (χ1v) is 9.43. The van der Waals surface area contributed by atoms with E-state index in [2.05, 4.69) is 5.32 Å². The lowest BCUT2D eigenvalue weighted by atomic mass is 9.85. The van der Waals surface area contributed by atoms with Crippen LogP contribution in [0.25, 0.3) is 0 Å². The molecule has 0 amide bonds. The fraction of sp³-hybridized carbons (Fsp3) is 0.600. The van der Waals surface area contributed by atoms with Crippen molar-refractivity contribution in [1.82, 2.24) is 5.32 Å². The minimum absolute atomic E-state index is 0.186. The summed E-state index contributed by atoms with van der Waals surface area (Å²) in [5.41, 5.74) is 1.09. The summed E-state index contributed by atoms with van der Waals surface area (Å²) in [5.74, 6) is 1.00. The van der Waals surface area contributed by atoms with Crippen LogP contribution in [-0.4, -0.2) is 32.5 Å². The van der Waals surface area contributed by atoms with Crippen molar-refractivity contribution in [3.8, 4) is 0 Å². The first kappa shape index (κ1) is 14.4. The summed E-state index contributed by atoms with van der Waals surface area (Å²) >= 11 is 6.32. The van der Waals surface area contributed by atoms with E-state index in [0.717, 1.165) is 23.6 Å². The minimum atomic E-state index is -2.86. The van der Waals surface area contributed by atoms with Crippen LogP contribution < -0.4 is 5.32 Å². The second-order valence-electron chi connectivity index (χ2n) is 5.97. The van der Waals surface area contributed by atoms with Crippen molar-refractivity contribution in [2.75, 3.05) is 18.1 Å². The maximum atomic E-state index is 11.8. The van der Waals surface area contributed by atoms with Gasteiger partial charge in [0, 0.05) is 23.5 Å². The molecule has 1 aromatic carbocycles. The summed E-state index contributed by atoms with van der Waals surface area (Å²) in [6.45, 7) is 0.828. The molecule has 1 N–H and O–H groups in total. The molecule has 0 spiro atoms. The van der Waals surface area contributed by atoms with Gasteiger partial charge in [-0.1, -0.05) is 29.8 Å². The predicted molar refractivity (Wildman–Crippen MR) is 82.0 cm³/mol. The minimum Gasteiger partial charge on any atom is -0.313 e. The molecular formula is C15H20ClNO2S. The second-order valence-corrected chi connectivity index (χ2v) is 8.61. The van der Waals surface area contributed by atoms with E-state index in [0.29, 0.717) is 17.5 Å². The molecule has 3 rings (SSSR count). The average Bonchev–Trinajstić information content (AvgIpc) is 3.15. The van der Waals surface area contributed by atoms with Gasteiger partial charge in [-0.25, -0.2) is 8.42 Å². The van der Waals surface area contributed by atoms with Gasteiger partial charge in [0.2, 0.25) is 0 Å². The van der Waals surface area contributed by atoms with Crippen LogP contribution in [0.1, 0.15) is 30.7 Å². The normalized spacial score (nSPS) is 26.6. The molecule has 1 aliphatic carbocycles. The van der Waals surface area contributed by atoms with Crippen molar-refractivity contribution in [3.05, 3.63) is 34.9 Å². The van der Waals surface area contributed by atoms with E-state index in [1.54, 1.807) is 0 Å². The maximum absolute atomic E-state index is 11.8. The van der Waals surface area contributed by atoms with Crippen molar-refractivity contribution in [3.63, 3.8) is 0 Å². The Kier molecular flexibility index (Phi) is 4.07. The van der Waals surface area contributed by atoms with Crippen LogP contribution in [0.3, 0.4) is 0 Å². The molecule has 0 aromatic heterocycles. The summed E-state index contributed by atoms with van der Waals surface area (Å²) in [7, 11) is -2.86. The van der Waals surface area contributed by atoms with Gasteiger partial charge in [-0.15, -0.1) is 0 Å². The van der Waals surface area contributed by atoms with Crippen LogP contribution in [-0.2, 0) is 9.84 Å². The molecule has 2 unspecified atom stereocenters. The van der Waals surface area contributed by atoms with E-state index in [9.17, 15) is 8.42 Å². The van der Waals surface area contributed by atoms with Gasteiger partial charge >= 0.3 is 0 Å². The van der Waals surface area contributed by atoms with Gasteiger partial charge in [0.25, 0.3) is 0 Å². The molecule has 3 nitrogen and oxygen atoms in total. The molecule has 2 aliphatic rings. The van der Waals surface area contributed by atoms with Crippen LogP contribution in [0, 0.1) is 5.92 Å². The van der Waals surface area contributed by atoms with Crippen LogP contribution in [0.2, 0.25) is 5.02 Å². The fourth-order valence-electron chi connectivity index (χ4n) is 3.03. The van der Waals surface area contributed by atoms with Crippen LogP contribution in [0.5, 0.6) is 0 Å². The molecule has 0 radical (unpaired) electrons. The predicted octanol–water partition coefficient (Wildman–Crippen LogP) is 2.61. The summed E-state index contributed by atoms with van der Waals surface area (Å²) in [6.07, 6.45) is 3.22. The third-order valence-electron chi connectivity index (χ3n) is 4.35. The first-order valence-electron chi connectivity index (χ1n) is 7.23. The van der Waals surface area contributed by atoms with Crippen LogP contribution in [0.15, 0.2) is 24.3 Å². The summed E-state index contributed by atoms with van der Waals surface area (Å²) in [6, 6.07) is 8.45. The largest absolute Gasteiger partial charge is 0.313 e. The van der Waals surface area contributed by atoms with E-state index in [-0.39, 0.29) is 11.8 Å². The Bertz CT molecular complexity index is 583. The van der Waals surface area contributed by atoms with E-state index in [1.807, 2.05) is 24.3 Å². The number of rotatable bonds is 5. The quantitative estimate of drug-likeness (QED) is 0.909. The zero-order valence-electron chi connectivity index (χ0n) is 11.4. The number of nitrogens with one attached hydrogen (secondary N) is 1. The molecule has 0 bridgehead atoms. The summed E-state index contributed by atoms with van der Waals surface area (Å²) in [5, 5.41) is 4.28. The van der Waals surface area contributed by atoms with Crippen molar-refractivity contribution >= 4 is 21.4 Å². The third kappa shape index (κ3) is 3.35. The van der Waals surface area contributed by atoms with E-state index in [4.69, 9.17) is 11.6 Å². The Hall–Kier alpha value is -0.580. The van der Waals surface area contributed by atoms with E-state index in [1.165, 1.54) is 12.8 Å².